The third-order valence-electron chi connectivity index (χ3n) is 2.86. The van der Waals surface area contributed by atoms with Crippen LogP contribution in [-0.2, 0) is 0 Å². The topological polar surface area (TPSA) is 41.5 Å². The van der Waals surface area contributed by atoms with Crippen LogP contribution >= 0.6 is 0 Å². The lowest BCUT2D eigenvalue weighted by Gasteiger charge is -2.15. The zero-order valence-corrected chi connectivity index (χ0v) is 11.4. The van der Waals surface area contributed by atoms with Gasteiger partial charge in [0.25, 0.3) is 0 Å². The average molecular weight is 260 g/mol. The van der Waals surface area contributed by atoms with Gasteiger partial charge in [0.15, 0.2) is 0 Å². The first-order valence-electron chi connectivity index (χ1n) is 7.10. The fourth-order valence-electron chi connectivity index (χ4n) is 1.86. The summed E-state index contributed by atoms with van der Waals surface area (Å²) in [5.74, 6) is 0.709. The Morgan fingerprint density at radius 3 is 2.84 bits per heavy atom. The SMILES string of the molecule is [2H]c1ccc(OCC(O)CNC(C)C)c2ccccc12. The summed E-state index contributed by atoms with van der Waals surface area (Å²) < 4.78 is 13.6. The number of aliphatic hydroxyl groups excluding tert-OH is 1. The fourth-order valence-corrected chi connectivity index (χ4v) is 1.86. The molecule has 3 nitrogen and oxygen atoms in total. The Morgan fingerprint density at radius 2 is 2.05 bits per heavy atom. The molecule has 0 aliphatic rings. The highest BCUT2D eigenvalue weighted by Gasteiger charge is 2.07. The van der Waals surface area contributed by atoms with Crippen molar-refractivity contribution in [2.45, 2.75) is 26.0 Å². The second kappa shape index (κ2) is 6.55. The highest BCUT2D eigenvalue weighted by Crippen LogP contribution is 2.25. The largest absolute Gasteiger partial charge is 0.490 e. The molecule has 2 aromatic rings. The predicted molar refractivity (Wildman–Crippen MR) is 78.6 cm³/mol. The van der Waals surface area contributed by atoms with Crippen molar-refractivity contribution in [1.82, 2.24) is 5.32 Å². The van der Waals surface area contributed by atoms with Crippen LogP contribution in [0.1, 0.15) is 15.2 Å². The molecule has 0 saturated carbocycles. The van der Waals surface area contributed by atoms with Crippen LogP contribution in [-0.4, -0.2) is 30.4 Å². The van der Waals surface area contributed by atoms with E-state index in [0.717, 1.165) is 10.8 Å². The van der Waals surface area contributed by atoms with Crippen molar-refractivity contribution in [2.24, 2.45) is 0 Å². The summed E-state index contributed by atoms with van der Waals surface area (Å²) in [7, 11) is 0. The van der Waals surface area contributed by atoms with Crippen LogP contribution in [0.5, 0.6) is 5.75 Å². The normalized spacial score (nSPS) is 13.6. The van der Waals surface area contributed by atoms with E-state index < -0.39 is 6.10 Å². The van der Waals surface area contributed by atoms with Gasteiger partial charge in [0, 0.05) is 18.0 Å². The predicted octanol–water partition coefficient (Wildman–Crippen LogP) is 2.58. The van der Waals surface area contributed by atoms with Crippen molar-refractivity contribution < 1.29 is 11.2 Å². The summed E-state index contributed by atoms with van der Waals surface area (Å²) in [6.45, 7) is 4.81. The van der Waals surface area contributed by atoms with Crippen LogP contribution in [0.25, 0.3) is 10.8 Å². The van der Waals surface area contributed by atoms with Gasteiger partial charge in [-0.1, -0.05) is 50.2 Å². The Balaban J connectivity index is 2.05. The molecule has 0 aromatic heterocycles. The summed E-state index contributed by atoms with van der Waals surface area (Å²) in [6.07, 6.45) is -0.549. The molecule has 3 heteroatoms. The van der Waals surface area contributed by atoms with Crippen molar-refractivity contribution in [3.8, 4) is 5.75 Å². The van der Waals surface area contributed by atoms with Gasteiger partial charge in [-0.15, -0.1) is 0 Å². The Kier molecular flexibility index (Phi) is 4.29. The molecule has 2 aromatic carbocycles. The maximum absolute atomic E-state index is 9.86. The Hall–Kier alpha value is -1.58. The maximum Gasteiger partial charge on any atom is 0.127 e. The highest BCUT2D eigenvalue weighted by molar-refractivity contribution is 5.88. The first-order valence-corrected chi connectivity index (χ1v) is 6.60. The van der Waals surface area contributed by atoms with Gasteiger partial charge < -0.3 is 15.2 Å². The van der Waals surface area contributed by atoms with Crippen LogP contribution in [0.2, 0.25) is 0 Å². The van der Waals surface area contributed by atoms with E-state index in [4.69, 9.17) is 6.11 Å². The molecule has 0 fully saturated rings. The summed E-state index contributed by atoms with van der Waals surface area (Å²) in [5.41, 5.74) is 0. The first kappa shape index (κ1) is 12.5. The van der Waals surface area contributed by atoms with Crippen molar-refractivity contribution in [3.05, 3.63) is 42.4 Å². The third kappa shape index (κ3) is 3.94. The molecule has 2 rings (SSSR count). The number of hydrogen-bond acceptors (Lipinski definition) is 3. The van der Waals surface area contributed by atoms with Crippen molar-refractivity contribution in [3.63, 3.8) is 0 Å². The van der Waals surface area contributed by atoms with E-state index in [2.05, 4.69) is 5.32 Å². The molecule has 19 heavy (non-hydrogen) atoms. The lowest BCUT2D eigenvalue weighted by molar-refractivity contribution is 0.105. The van der Waals surface area contributed by atoms with Crippen molar-refractivity contribution >= 4 is 10.8 Å². The van der Waals surface area contributed by atoms with Crippen LogP contribution in [0.4, 0.5) is 0 Å². The lowest BCUT2D eigenvalue weighted by atomic mass is 10.1. The smallest absolute Gasteiger partial charge is 0.127 e. The molecular formula is C16H21NO2. The van der Waals surface area contributed by atoms with Gasteiger partial charge >= 0.3 is 0 Å². The monoisotopic (exact) mass is 260 g/mol. The molecule has 0 aliphatic heterocycles. The minimum atomic E-state index is -0.549. The Morgan fingerprint density at radius 1 is 1.26 bits per heavy atom. The van der Waals surface area contributed by atoms with E-state index in [9.17, 15) is 5.11 Å². The lowest BCUT2D eigenvalue weighted by Crippen LogP contribution is -2.35. The van der Waals surface area contributed by atoms with Gasteiger partial charge in [-0.2, -0.15) is 0 Å². The highest BCUT2D eigenvalue weighted by atomic mass is 16.5. The van der Waals surface area contributed by atoms with E-state index in [1.165, 1.54) is 0 Å². The molecule has 1 atom stereocenters. The molecule has 0 spiro atoms. The number of aliphatic hydroxyl groups is 1. The number of nitrogens with one attached hydrogen (secondary N) is 1. The maximum atomic E-state index is 9.86. The van der Waals surface area contributed by atoms with Crippen LogP contribution in [0.15, 0.2) is 42.4 Å². The molecule has 2 N–H and O–H groups in total. The van der Waals surface area contributed by atoms with E-state index in [-0.39, 0.29) is 6.61 Å². The molecule has 1 unspecified atom stereocenters. The fraction of sp³-hybridized carbons (Fsp3) is 0.375. The van der Waals surface area contributed by atoms with Gasteiger partial charge in [0.1, 0.15) is 18.5 Å². The summed E-state index contributed by atoms with van der Waals surface area (Å²) >= 11 is 0. The van der Waals surface area contributed by atoms with Gasteiger partial charge in [-0.05, 0) is 11.5 Å². The molecule has 0 saturated heterocycles. The third-order valence-corrected chi connectivity index (χ3v) is 2.86. The molecule has 102 valence electrons. The van der Waals surface area contributed by atoms with Crippen LogP contribution < -0.4 is 10.1 Å². The standard InChI is InChI=1S/C16H21NO2/c1-12(2)17-10-14(18)11-19-16-9-5-7-13-6-3-4-8-15(13)16/h3-9,12,14,17-18H,10-11H2,1-2H3/i7D. The average Bonchev–Trinajstić information content (AvgIpc) is 2.45. The summed E-state index contributed by atoms with van der Waals surface area (Å²) in [4.78, 5) is 0. The van der Waals surface area contributed by atoms with Gasteiger partial charge in [0.2, 0.25) is 0 Å². The minimum absolute atomic E-state index is 0.237. The zero-order valence-electron chi connectivity index (χ0n) is 12.4. The van der Waals surface area contributed by atoms with Crippen molar-refractivity contribution in [2.75, 3.05) is 13.2 Å². The van der Waals surface area contributed by atoms with Gasteiger partial charge in [0.05, 0.1) is 1.37 Å². The van der Waals surface area contributed by atoms with E-state index in [1.54, 1.807) is 12.1 Å². The van der Waals surface area contributed by atoms with Gasteiger partial charge in [-0.3, -0.25) is 0 Å². The molecule has 0 heterocycles. The minimum Gasteiger partial charge on any atom is -0.490 e. The number of benzene rings is 2. The Labute approximate surface area is 115 Å². The van der Waals surface area contributed by atoms with Gasteiger partial charge in [-0.25, -0.2) is 0 Å². The molecular weight excluding hydrogens is 238 g/mol. The first-order chi connectivity index (χ1) is 9.58. The van der Waals surface area contributed by atoms with Crippen LogP contribution in [0, 0.1) is 0 Å². The van der Waals surface area contributed by atoms with Crippen LogP contribution in [0.3, 0.4) is 0 Å². The zero-order chi connectivity index (χ0) is 14.5. The summed E-state index contributed by atoms with van der Waals surface area (Å²) in [5, 5.41) is 14.8. The quantitative estimate of drug-likeness (QED) is 0.839. The van der Waals surface area contributed by atoms with E-state index in [0.29, 0.717) is 24.4 Å². The second-order valence-electron chi connectivity index (χ2n) is 4.92. The number of hydrogen-bond donors (Lipinski definition) is 2. The molecule has 0 bridgehead atoms. The van der Waals surface area contributed by atoms with Crippen molar-refractivity contribution in [1.29, 1.82) is 0 Å². The number of ether oxygens (including phenoxy) is 1. The molecule has 0 amide bonds. The summed E-state index contributed by atoms with van der Waals surface area (Å²) in [6, 6.07) is 12.0. The van der Waals surface area contributed by atoms with E-state index >= 15 is 0 Å². The Bertz CT molecular complexity index is 571. The molecule has 0 radical (unpaired) electrons. The second-order valence-corrected chi connectivity index (χ2v) is 4.92. The number of fused-ring (bicyclic) bond motifs is 1. The number of rotatable bonds is 6. The van der Waals surface area contributed by atoms with E-state index in [1.807, 2.05) is 38.1 Å². The molecule has 0 aliphatic carbocycles.